The zero-order chi connectivity index (χ0) is 15.4. The van der Waals surface area contributed by atoms with Gasteiger partial charge in [0.25, 0.3) is 0 Å². The molecule has 1 heterocycles. The van der Waals surface area contributed by atoms with Crippen LogP contribution in [0, 0.1) is 0 Å². The molecular formula is C17H21N3O2. The van der Waals surface area contributed by atoms with Crippen molar-refractivity contribution in [1.29, 1.82) is 0 Å². The first-order chi connectivity index (χ1) is 10.7. The number of phenols is 1. The van der Waals surface area contributed by atoms with E-state index in [4.69, 9.17) is 0 Å². The largest absolute Gasteiger partial charge is 0.508 e. The Kier molecular flexibility index (Phi) is 4.53. The van der Waals surface area contributed by atoms with E-state index in [1.54, 1.807) is 30.5 Å². The fourth-order valence-corrected chi connectivity index (χ4v) is 2.91. The Balaban J connectivity index is 1.61. The van der Waals surface area contributed by atoms with Crippen molar-refractivity contribution in [2.24, 2.45) is 0 Å². The van der Waals surface area contributed by atoms with Gasteiger partial charge in [0.15, 0.2) is 0 Å². The van der Waals surface area contributed by atoms with E-state index in [1.165, 1.54) is 25.7 Å². The smallest absolute Gasteiger partial charge is 0.222 e. The summed E-state index contributed by atoms with van der Waals surface area (Å²) in [5, 5.41) is 22.5. The van der Waals surface area contributed by atoms with Gasteiger partial charge in [-0.2, -0.15) is 0 Å². The molecule has 1 aromatic carbocycles. The summed E-state index contributed by atoms with van der Waals surface area (Å²) < 4.78 is 0. The van der Waals surface area contributed by atoms with Gasteiger partial charge in [0, 0.05) is 24.4 Å². The number of aliphatic hydroxyl groups is 1. The summed E-state index contributed by atoms with van der Waals surface area (Å²) in [6.45, 7) is 0.332. The average Bonchev–Trinajstić information content (AvgIpc) is 3.08. The maximum atomic E-state index is 10.2. The van der Waals surface area contributed by atoms with Crippen molar-refractivity contribution in [3.05, 3.63) is 47.8 Å². The zero-order valence-corrected chi connectivity index (χ0v) is 12.4. The van der Waals surface area contributed by atoms with Crippen molar-refractivity contribution in [1.82, 2.24) is 9.97 Å². The normalized spacial score (nSPS) is 16.6. The van der Waals surface area contributed by atoms with Crippen molar-refractivity contribution in [2.45, 2.75) is 37.7 Å². The Bertz CT molecular complexity index is 610. The van der Waals surface area contributed by atoms with Gasteiger partial charge in [-0.15, -0.1) is 0 Å². The van der Waals surface area contributed by atoms with Crippen molar-refractivity contribution >= 4 is 5.95 Å². The highest BCUT2D eigenvalue weighted by Gasteiger charge is 2.18. The molecule has 1 atom stereocenters. The molecule has 5 heteroatoms. The van der Waals surface area contributed by atoms with Gasteiger partial charge in [0.1, 0.15) is 5.75 Å². The standard InChI is InChI=1S/C17H21N3O2/c21-14-7-5-13(6-8-14)16(22)11-19-17-18-10-9-15(20-17)12-3-1-2-4-12/h5-10,12,16,21-22H,1-4,11H2,(H,18,19,20)/t16-/m1/s1. The van der Waals surface area contributed by atoms with Crippen LogP contribution in [0.5, 0.6) is 5.75 Å². The van der Waals surface area contributed by atoms with E-state index in [1.807, 2.05) is 6.07 Å². The number of hydrogen-bond acceptors (Lipinski definition) is 5. The summed E-state index contributed by atoms with van der Waals surface area (Å²) in [6.07, 6.45) is 6.06. The minimum atomic E-state index is -0.667. The maximum Gasteiger partial charge on any atom is 0.222 e. The number of nitrogens with zero attached hydrogens (tertiary/aromatic N) is 2. The average molecular weight is 299 g/mol. The molecule has 0 aliphatic heterocycles. The lowest BCUT2D eigenvalue weighted by atomic mass is 10.0. The van der Waals surface area contributed by atoms with Crippen molar-refractivity contribution in [2.75, 3.05) is 11.9 Å². The van der Waals surface area contributed by atoms with E-state index in [0.717, 1.165) is 11.3 Å². The van der Waals surface area contributed by atoms with E-state index in [0.29, 0.717) is 18.4 Å². The number of anilines is 1. The molecule has 1 aliphatic carbocycles. The van der Waals surface area contributed by atoms with Crippen LogP contribution in [0.25, 0.3) is 0 Å². The third-order valence-electron chi connectivity index (χ3n) is 4.18. The van der Waals surface area contributed by atoms with Gasteiger partial charge in [0.05, 0.1) is 6.10 Å². The second-order valence-corrected chi connectivity index (χ2v) is 5.77. The van der Waals surface area contributed by atoms with E-state index in [9.17, 15) is 10.2 Å². The third kappa shape index (κ3) is 3.54. The predicted molar refractivity (Wildman–Crippen MR) is 84.8 cm³/mol. The minimum absolute atomic E-state index is 0.191. The summed E-state index contributed by atoms with van der Waals surface area (Å²) in [4.78, 5) is 8.78. The molecule has 3 rings (SSSR count). The molecule has 0 amide bonds. The van der Waals surface area contributed by atoms with Gasteiger partial charge >= 0.3 is 0 Å². The number of rotatable bonds is 5. The second-order valence-electron chi connectivity index (χ2n) is 5.77. The van der Waals surface area contributed by atoms with E-state index < -0.39 is 6.10 Å². The van der Waals surface area contributed by atoms with Gasteiger partial charge in [0.2, 0.25) is 5.95 Å². The van der Waals surface area contributed by atoms with Gasteiger partial charge < -0.3 is 15.5 Å². The predicted octanol–water partition coefficient (Wildman–Crippen LogP) is 2.99. The van der Waals surface area contributed by atoms with Crippen LogP contribution in [0.15, 0.2) is 36.5 Å². The fraction of sp³-hybridized carbons (Fsp3) is 0.412. The number of aliphatic hydroxyl groups excluding tert-OH is 1. The van der Waals surface area contributed by atoms with Gasteiger partial charge in [-0.25, -0.2) is 9.97 Å². The SMILES string of the molecule is Oc1ccc([C@H](O)CNc2nccc(C3CCCC3)n2)cc1. The van der Waals surface area contributed by atoms with Gasteiger partial charge in [-0.05, 0) is 36.6 Å². The molecule has 0 bridgehead atoms. The summed E-state index contributed by atoms with van der Waals surface area (Å²) >= 11 is 0. The molecule has 1 saturated carbocycles. The van der Waals surface area contributed by atoms with Crippen molar-refractivity contribution in [3.63, 3.8) is 0 Å². The summed E-state index contributed by atoms with van der Waals surface area (Å²) in [5.41, 5.74) is 1.84. The molecule has 0 unspecified atom stereocenters. The molecule has 22 heavy (non-hydrogen) atoms. The molecule has 3 N–H and O–H groups in total. The Hall–Kier alpha value is -2.14. The van der Waals surface area contributed by atoms with Crippen LogP contribution in [0.2, 0.25) is 0 Å². The lowest BCUT2D eigenvalue weighted by Gasteiger charge is -2.14. The van der Waals surface area contributed by atoms with Gasteiger partial charge in [-0.3, -0.25) is 0 Å². The number of phenolic OH excluding ortho intramolecular Hbond substituents is 1. The van der Waals surface area contributed by atoms with Crippen LogP contribution in [0.4, 0.5) is 5.95 Å². The summed E-state index contributed by atoms with van der Waals surface area (Å²) in [6, 6.07) is 8.53. The number of hydrogen-bond donors (Lipinski definition) is 3. The molecular weight excluding hydrogens is 278 g/mol. The Morgan fingerprint density at radius 1 is 1.14 bits per heavy atom. The number of aromatic hydroxyl groups is 1. The Morgan fingerprint density at radius 2 is 1.86 bits per heavy atom. The van der Waals surface area contributed by atoms with E-state index >= 15 is 0 Å². The monoisotopic (exact) mass is 299 g/mol. The van der Waals surface area contributed by atoms with Crippen molar-refractivity contribution in [3.8, 4) is 5.75 Å². The lowest BCUT2D eigenvalue weighted by molar-refractivity contribution is 0.191. The van der Waals surface area contributed by atoms with Crippen LogP contribution in [0.1, 0.15) is 49.0 Å². The van der Waals surface area contributed by atoms with Crippen LogP contribution < -0.4 is 5.32 Å². The number of nitrogens with one attached hydrogen (secondary N) is 1. The Morgan fingerprint density at radius 3 is 2.59 bits per heavy atom. The van der Waals surface area contributed by atoms with Crippen LogP contribution in [-0.2, 0) is 0 Å². The van der Waals surface area contributed by atoms with Gasteiger partial charge in [-0.1, -0.05) is 25.0 Å². The lowest BCUT2D eigenvalue weighted by Crippen LogP contribution is -2.14. The van der Waals surface area contributed by atoms with E-state index in [2.05, 4.69) is 15.3 Å². The molecule has 0 radical (unpaired) electrons. The Labute approximate surface area is 130 Å². The number of benzene rings is 1. The summed E-state index contributed by atoms with van der Waals surface area (Å²) in [5.74, 6) is 1.30. The van der Waals surface area contributed by atoms with E-state index in [-0.39, 0.29) is 5.75 Å². The van der Waals surface area contributed by atoms with Crippen molar-refractivity contribution < 1.29 is 10.2 Å². The first-order valence-electron chi connectivity index (χ1n) is 7.76. The zero-order valence-electron chi connectivity index (χ0n) is 12.4. The first-order valence-corrected chi connectivity index (χ1v) is 7.76. The molecule has 2 aromatic rings. The molecule has 5 nitrogen and oxygen atoms in total. The quantitative estimate of drug-likeness (QED) is 0.791. The topological polar surface area (TPSA) is 78.3 Å². The second kappa shape index (κ2) is 6.75. The highest BCUT2D eigenvalue weighted by molar-refractivity contribution is 5.30. The molecule has 1 fully saturated rings. The molecule has 116 valence electrons. The molecule has 0 saturated heterocycles. The molecule has 1 aliphatic rings. The third-order valence-corrected chi connectivity index (χ3v) is 4.18. The maximum absolute atomic E-state index is 10.2. The first kappa shape index (κ1) is 14.8. The highest BCUT2D eigenvalue weighted by Crippen LogP contribution is 2.33. The van der Waals surface area contributed by atoms with Crippen LogP contribution in [0.3, 0.4) is 0 Å². The fourth-order valence-electron chi connectivity index (χ4n) is 2.91. The highest BCUT2D eigenvalue weighted by atomic mass is 16.3. The van der Waals surface area contributed by atoms with Crippen LogP contribution in [-0.4, -0.2) is 26.7 Å². The number of aromatic nitrogens is 2. The van der Waals surface area contributed by atoms with Crippen LogP contribution >= 0.6 is 0 Å². The molecule has 0 spiro atoms. The molecule has 1 aromatic heterocycles. The minimum Gasteiger partial charge on any atom is -0.508 e. The summed E-state index contributed by atoms with van der Waals surface area (Å²) in [7, 11) is 0.